The highest BCUT2D eigenvalue weighted by Crippen LogP contribution is 2.33. The molecule has 0 fully saturated rings. The zero-order valence-corrected chi connectivity index (χ0v) is 20.9. The number of pyridine rings is 1. The molecule has 1 atom stereocenters. The Morgan fingerprint density at radius 1 is 1.06 bits per heavy atom. The van der Waals surface area contributed by atoms with Gasteiger partial charge in [-0.1, -0.05) is 41.7 Å². The molecule has 2 heterocycles. The summed E-state index contributed by atoms with van der Waals surface area (Å²) < 4.78 is 11.9. The minimum atomic E-state index is -0.309. The topological polar surface area (TPSA) is 89.5 Å². The molecular weight excluding hydrogens is 462 g/mol. The number of aryl methyl sites for hydroxylation is 1. The van der Waals surface area contributed by atoms with E-state index in [1.807, 2.05) is 63.5 Å². The summed E-state index contributed by atoms with van der Waals surface area (Å²) in [7, 11) is 5.55. The molecule has 4 rings (SSSR count). The van der Waals surface area contributed by atoms with Crippen LogP contribution in [0.15, 0.2) is 66.9 Å². The molecule has 2 aromatic heterocycles. The van der Waals surface area contributed by atoms with Crippen LogP contribution < -0.4 is 14.8 Å². The first-order valence-corrected chi connectivity index (χ1v) is 11.9. The Balaban J connectivity index is 1.50. The van der Waals surface area contributed by atoms with Gasteiger partial charge in [0.1, 0.15) is 11.1 Å². The first-order valence-electron chi connectivity index (χ1n) is 11.0. The van der Waals surface area contributed by atoms with E-state index in [2.05, 4.69) is 25.4 Å². The number of rotatable bonds is 9. The van der Waals surface area contributed by atoms with Crippen LogP contribution in [0.25, 0.3) is 10.6 Å². The van der Waals surface area contributed by atoms with Gasteiger partial charge < -0.3 is 14.4 Å². The van der Waals surface area contributed by atoms with Gasteiger partial charge in [-0.25, -0.2) is 0 Å². The van der Waals surface area contributed by atoms with Gasteiger partial charge in [-0.05, 0) is 56.9 Å². The second-order valence-corrected chi connectivity index (χ2v) is 9.17. The SMILES string of the molecule is COc1cc(C(=O)Nc2nnc(-c3ccnc(C)c3)s2)ccc1OC(CN(C)C)c1ccccc1. The van der Waals surface area contributed by atoms with Crippen molar-refractivity contribution in [1.82, 2.24) is 20.1 Å². The molecule has 1 unspecified atom stereocenters. The Labute approximate surface area is 208 Å². The largest absolute Gasteiger partial charge is 0.493 e. The Morgan fingerprint density at radius 3 is 2.57 bits per heavy atom. The molecule has 1 amide bonds. The number of amides is 1. The maximum atomic E-state index is 12.9. The van der Waals surface area contributed by atoms with Gasteiger partial charge in [0.2, 0.25) is 5.13 Å². The maximum absolute atomic E-state index is 12.9. The number of likely N-dealkylation sites (N-methyl/N-ethyl adjacent to an activating group) is 1. The van der Waals surface area contributed by atoms with Gasteiger partial charge in [0.15, 0.2) is 11.5 Å². The lowest BCUT2D eigenvalue weighted by atomic mass is 10.1. The van der Waals surface area contributed by atoms with E-state index >= 15 is 0 Å². The summed E-state index contributed by atoms with van der Waals surface area (Å²) in [5.74, 6) is 0.727. The highest BCUT2D eigenvalue weighted by atomic mass is 32.1. The Morgan fingerprint density at radius 2 is 1.86 bits per heavy atom. The monoisotopic (exact) mass is 489 g/mol. The summed E-state index contributed by atoms with van der Waals surface area (Å²) in [6.45, 7) is 2.60. The third-order valence-electron chi connectivity index (χ3n) is 5.19. The molecule has 2 aromatic carbocycles. The van der Waals surface area contributed by atoms with Gasteiger partial charge in [0, 0.05) is 29.6 Å². The van der Waals surface area contributed by atoms with E-state index in [1.165, 1.54) is 11.3 Å². The van der Waals surface area contributed by atoms with E-state index in [4.69, 9.17) is 9.47 Å². The number of anilines is 1. The molecule has 8 nitrogen and oxygen atoms in total. The predicted molar refractivity (Wildman–Crippen MR) is 137 cm³/mol. The zero-order chi connectivity index (χ0) is 24.8. The number of ether oxygens (including phenoxy) is 2. The fraction of sp³-hybridized carbons (Fsp3) is 0.231. The van der Waals surface area contributed by atoms with Crippen molar-refractivity contribution in [2.45, 2.75) is 13.0 Å². The summed E-state index contributed by atoms with van der Waals surface area (Å²) in [5.41, 5.74) is 3.28. The van der Waals surface area contributed by atoms with Crippen molar-refractivity contribution < 1.29 is 14.3 Å². The van der Waals surface area contributed by atoms with Crippen LogP contribution in [0.1, 0.15) is 27.7 Å². The third kappa shape index (κ3) is 6.20. The molecule has 0 bridgehead atoms. The molecular formula is C26H27N5O3S. The van der Waals surface area contributed by atoms with Crippen molar-refractivity contribution >= 4 is 22.4 Å². The number of nitrogens with zero attached hydrogens (tertiary/aromatic N) is 4. The van der Waals surface area contributed by atoms with E-state index in [1.54, 1.807) is 31.5 Å². The summed E-state index contributed by atoms with van der Waals surface area (Å²) in [5, 5.41) is 12.2. The van der Waals surface area contributed by atoms with E-state index in [0.717, 1.165) is 16.8 Å². The van der Waals surface area contributed by atoms with Crippen LogP contribution in [-0.4, -0.2) is 53.7 Å². The number of carbonyl (C=O) groups excluding carboxylic acids is 1. The number of aromatic nitrogens is 3. The van der Waals surface area contributed by atoms with E-state index < -0.39 is 0 Å². The van der Waals surface area contributed by atoms with Gasteiger partial charge in [-0.15, -0.1) is 10.2 Å². The summed E-state index contributed by atoms with van der Waals surface area (Å²) in [4.78, 5) is 19.2. The minimum Gasteiger partial charge on any atom is -0.493 e. The van der Waals surface area contributed by atoms with Crippen LogP contribution in [0.4, 0.5) is 5.13 Å². The first-order chi connectivity index (χ1) is 16.9. The zero-order valence-electron chi connectivity index (χ0n) is 20.1. The number of carbonyl (C=O) groups is 1. The molecule has 35 heavy (non-hydrogen) atoms. The molecule has 0 aliphatic heterocycles. The molecule has 0 radical (unpaired) electrons. The Kier molecular flexibility index (Phi) is 7.69. The molecule has 0 spiro atoms. The number of hydrogen-bond donors (Lipinski definition) is 1. The summed E-state index contributed by atoms with van der Waals surface area (Å²) >= 11 is 1.30. The highest BCUT2D eigenvalue weighted by Gasteiger charge is 2.19. The normalized spacial score (nSPS) is 11.8. The lowest BCUT2D eigenvalue weighted by Crippen LogP contribution is -2.24. The quantitative estimate of drug-likeness (QED) is 0.359. The van der Waals surface area contributed by atoms with Gasteiger partial charge in [0.25, 0.3) is 5.91 Å². The molecule has 0 aliphatic carbocycles. The van der Waals surface area contributed by atoms with Gasteiger partial charge in [0.05, 0.1) is 7.11 Å². The molecule has 180 valence electrons. The minimum absolute atomic E-state index is 0.198. The summed E-state index contributed by atoms with van der Waals surface area (Å²) in [6, 6.07) is 18.9. The number of hydrogen-bond acceptors (Lipinski definition) is 8. The van der Waals surface area contributed by atoms with Crippen LogP contribution in [-0.2, 0) is 0 Å². The smallest absolute Gasteiger partial charge is 0.257 e. The van der Waals surface area contributed by atoms with E-state index in [-0.39, 0.29) is 12.0 Å². The van der Waals surface area contributed by atoms with Crippen molar-refractivity contribution in [2.24, 2.45) is 0 Å². The van der Waals surface area contributed by atoms with Gasteiger partial charge in [-0.3, -0.25) is 15.1 Å². The standard InChI is InChI=1S/C26H27N5O3S/c1-17-14-20(12-13-27-17)25-29-30-26(35-25)28-24(32)19-10-11-21(22(15-19)33-4)34-23(16-31(2)3)18-8-6-5-7-9-18/h5-15,23H,16H2,1-4H3,(H,28,30,32). The fourth-order valence-corrected chi connectivity index (χ4v) is 4.24. The van der Waals surface area contributed by atoms with E-state index in [0.29, 0.717) is 33.7 Å². The van der Waals surface area contributed by atoms with Crippen LogP contribution in [0.2, 0.25) is 0 Å². The molecule has 0 saturated carbocycles. The van der Waals surface area contributed by atoms with Crippen molar-refractivity contribution in [2.75, 3.05) is 33.1 Å². The van der Waals surface area contributed by atoms with Crippen molar-refractivity contribution in [1.29, 1.82) is 0 Å². The number of benzene rings is 2. The third-order valence-corrected chi connectivity index (χ3v) is 6.07. The predicted octanol–water partition coefficient (Wildman–Crippen LogP) is 4.85. The average Bonchev–Trinajstić information content (AvgIpc) is 3.32. The van der Waals surface area contributed by atoms with Gasteiger partial charge >= 0.3 is 0 Å². The molecule has 1 N–H and O–H groups in total. The van der Waals surface area contributed by atoms with E-state index in [9.17, 15) is 4.79 Å². The van der Waals surface area contributed by atoms with Crippen LogP contribution in [0, 0.1) is 6.92 Å². The van der Waals surface area contributed by atoms with Crippen molar-refractivity contribution in [3.8, 4) is 22.1 Å². The number of methoxy groups -OCH3 is 1. The molecule has 4 aromatic rings. The lowest BCUT2D eigenvalue weighted by Gasteiger charge is -2.24. The van der Waals surface area contributed by atoms with Crippen LogP contribution >= 0.6 is 11.3 Å². The fourth-order valence-electron chi connectivity index (χ4n) is 3.51. The Hall–Kier alpha value is -3.82. The molecule has 0 saturated heterocycles. The molecule has 9 heteroatoms. The van der Waals surface area contributed by atoms with Crippen molar-refractivity contribution in [3.63, 3.8) is 0 Å². The first kappa shape index (κ1) is 24.3. The second kappa shape index (κ2) is 11.1. The van der Waals surface area contributed by atoms with Gasteiger partial charge in [-0.2, -0.15) is 0 Å². The highest BCUT2D eigenvalue weighted by molar-refractivity contribution is 7.18. The lowest BCUT2D eigenvalue weighted by molar-refractivity contribution is 0.102. The Bertz CT molecular complexity index is 1290. The number of nitrogens with one attached hydrogen (secondary N) is 1. The van der Waals surface area contributed by atoms with Crippen LogP contribution in [0.5, 0.6) is 11.5 Å². The molecule has 0 aliphatic rings. The summed E-state index contributed by atoms with van der Waals surface area (Å²) in [6.07, 6.45) is 1.53. The maximum Gasteiger partial charge on any atom is 0.257 e. The van der Waals surface area contributed by atoms with Crippen LogP contribution in [0.3, 0.4) is 0 Å². The second-order valence-electron chi connectivity index (χ2n) is 8.20. The average molecular weight is 490 g/mol. The van der Waals surface area contributed by atoms with Crippen molar-refractivity contribution in [3.05, 3.63) is 83.7 Å².